The van der Waals surface area contributed by atoms with Gasteiger partial charge in [0.15, 0.2) is 0 Å². The van der Waals surface area contributed by atoms with Gasteiger partial charge in [0.25, 0.3) is 0 Å². The van der Waals surface area contributed by atoms with Crippen LogP contribution in [-0.2, 0) is 22.7 Å². The fraction of sp³-hybridized carbons (Fsp3) is 0.333. The van der Waals surface area contributed by atoms with E-state index >= 15 is 0 Å². The Balaban J connectivity index is 1.53. The molecule has 2 N–H and O–H groups in total. The fourth-order valence-corrected chi connectivity index (χ4v) is 3.28. The zero-order valence-corrected chi connectivity index (χ0v) is 15.1. The Kier molecular flexibility index (Phi) is 6.44. The Morgan fingerprint density at radius 2 is 1.78 bits per heavy atom. The topological polar surface area (TPSA) is 78.9 Å². The van der Waals surface area contributed by atoms with Gasteiger partial charge in [-0.3, -0.25) is 14.5 Å². The SMILES string of the molecule is O=C(CN1CCC[C@@H]1C(=O)O)NCc1ccccc1COc1ccccc1. The third-order valence-corrected chi connectivity index (χ3v) is 4.73. The van der Waals surface area contributed by atoms with E-state index in [1.165, 1.54) is 0 Å². The van der Waals surface area contributed by atoms with E-state index in [1.54, 1.807) is 4.90 Å². The molecule has 0 aliphatic carbocycles. The molecule has 2 aromatic rings. The number of amides is 1. The van der Waals surface area contributed by atoms with Crippen molar-refractivity contribution < 1.29 is 19.4 Å². The monoisotopic (exact) mass is 368 g/mol. The molecule has 1 fully saturated rings. The smallest absolute Gasteiger partial charge is 0.320 e. The molecule has 0 spiro atoms. The summed E-state index contributed by atoms with van der Waals surface area (Å²) in [5.41, 5.74) is 1.99. The molecular weight excluding hydrogens is 344 g/mol. The number of nitrogens with one attached hydrogen (secondary N) is 1. The number of carboxylic acid groups (broad SMARTS) is 1. The van der Waals surface area contributed by atoms with Crippen molar-refractivity contribution in [3.8, 4) is 5.75 Å². The van der Waals surface area contributed by atoms with Crippen molar-refractivity contribution in [2.45, 2.75) is 32.0 Å². The van der Waals surface area contributed by atoms with Gasteiger partial charge in [0, 0.05) is 6.54 Å². The van der Waals surface area contributed by atoms with Gasteiger partial charge in [0.05, 0.1) is 6.54 Å². The third-order valence-electron chi connectivity index (χ3n) is 4.73. The van der Waals surface area contributed by atoms with Crippen LogP contribution in [0.3, 0.4) is 0 Å². The Morgan fingerprint density at radius 3 is 2.52 bits per heavy atom. The maximum Gasteiger partial charge on any atom is 0.320 e. The first kappa shape index (κ1) is 18.9. The number of nitrogens with zero attached hydrogens (tertiary/aromatic N) is 1. The van der Waals surface area contributed by atoms with Crippen molar-refractivity contribution in [1.29, 1.82) is 0 Å². The quantitative estimate of drug-likeness (QED) is 0.748. The fourth-order valence-electron chi connectivity index (χ4n) is 3.28. The summed E-state index contributed by atoms with van der Waals surface area (Å²) in [6, 6.07) is 16.8. The molecule has 3 rings (SSSR count). The first-order chi connectivity index (χ1) is 13.1. The summed E-state index contributed by atoms with van der Waals surface area (Å²) in [6.45, 7) is 1.56. The summed E-state index contributed by atoms with van der Waals surface area (Å²) in [4.78, 5) is 25.2. The summed E-state index contributed by atoms with van der Waals surface area (Å²) in [7, 11) is 0. The van der Waals surface area contributed by atoms with Gasteiger partial charge in [-0.1, -0.05) is 42.5 Å². The molecule has 6 heteroatoms. The van der Waals surface area contributed by atoms with E-state index in [0.29, 0.717) is 26.1 Å². The number of likely N-dealkylation sites (tertiary alicyclic amines) is 1. The number of ether oxygens (including phenoxy) is 1. The number of hydrogen-bond acceptors (Lipinski definition) is 4. The van der Waals surface area contributed by atoms with Crippen LogP contribution in [0.15, 0.2) is 54.6 Å². The molecule has 1 atom stereocenters. The molecule has 1 saturated heterocycles. The molecule has 1 aliphatic rings. The van der Waals surface area contributed by atoms with Crippen molar-refractivity contribution in [3.63, 3.8) is 0 Å². The third kappa shape index (κ3) is 5.31. The van der Waals surface area contributed by atoms with Gasteiger partial charge in [-0.25, -0.2) is 0 Å². The lowest BCUT2D eigenvalue weighted by Crippen LogP contribution is -2.42. The Bertz CT molecular complexity index is 779. The van der Waals surface area contributed by atoms with Crippen LogP contribution in [0.2, 0.25) is 0 Å². The molecule has 0 bridgehead atoms. The molecule has 2 aromatic carbocycles. The molecule has 1 heterocycles. The Hall–Kier alpha value is -2.86. The normalized spacial score (nSPS) is 16.8. The van der Waals surface area contributed by atoms with Crippen molar-refractivity contribution >= 4 is 11.9 Å². The van der Waals surface area contributed by atoms with Crippen LogP contribution < -0.4 is 10.1 Å². The van der Waals surface area contributed by atoms with Crippen LogP contribution in [0.1, 0.15) is 24.0 Å². The van der Waals surface area contributed by atoms with Gasteiger partial charge in [-0.2, -0.15) is 0 Å². The van der Waals surface area contributed by atoms with Crippen LogP contribution in [0.5, 0.6) is 5.75 Å². The number of rotatable bonds is 8. The molecule has 6 nitrogen and oxygen atoms in total. The summed E-state index contributed by atoms with van der Waals surface area (Å²) >= 11 is 0. The lowest BCUT2D eigenvalue weighted by atomic mass is 10.1. The van der Waals surface area contributed by atoms with Crippen LogP contribution >= 0.6 is 0 Å². The van der Waals surface area contributed by atoms with E-state index in [9.17, 15) is 14.7 Å². The van der Waals surface area contributed by atoms with E-state index in [2.05, 4.69) is 5.32 Å². The van der Waals surface area contributed by atoms with E-state index < -0.39 is 12.0 Å². The standard InChI is InChI=1S/C21H24N2O4/c24-20(14-23-12-6-11-19(23)21(25)26)22-13-16-7-4-5-8-17(16)15-27-18-9-2-1-3-10-18/h1-5,7-10,19H,6,11-15H2,(H,22,24)(H,25,26)/t19-/m1/s1. The second-order valence-electron chi connectivity index (χ2n) is 6.61. The number of aliphatic carboxylic acids is 1. The zero-order valence-electron chi connectivity index (χ0n) is 15.1. The molecular formula is C21H24N2O4. The van der Waals surface area contributed by atoms with Crippen molar-refractivity contribution in [2.24, 2.45) is 0 Å². The molecule has 27 heavy (non-hydrogen) atoms. The number of carbonyl (C=O) groups excluding carboxylic acids is 1. The van der Waals surface area contributed by atoms with Gasteiger partial charge in [-0.05, 0) is 42.6 Å². The largest absolute Gasteiger partial charge is 0.489 e. The summed E-state index contributed by atoms with van der Waals surface area (Å²) < 4.78 is 5.80. The highest BCUT2D eigenvalue weighted by Crippen LogP contribution is 2.17. The predicted molar refractivity (Wildman–Crippen MR) is 101 cm³/mol. The Labute approximate surface area is 158 Å². The molecule has 1 aliphatic heterocycles. The van der Waals surface area contributed by atoms with Gasteiger partial charge < -0.3 is 15.2 Å². The van der Waals surface area contributed by atoms with Crippen molar-refractivity contribution in [1.82, 2.24) is 10.2 Å². The lowest BCUT2D eigenvalue weighted by Gasteiger charge is -2.20. The average Bonchev–Trinajstić information content (AvgIpc) is 3.14. The molecule has 1 amide bonds. The lowest BCUT2D eigenvalue weighted by molar-refractivity contribution is -0.142. The molecule has 142 valence electrons. The molecule has 0 unspecified atom stereocenters. The van der Waals surface area contributed by atoms with E-state index in [1.807, 2.05) is 54.6 Å². The number of hydrogen-bond donors (Lipinski definition) is 2. The van der Waals surface area contributed by atoms with Crippen LogP contribution in [0.4, 0.5) is 0 Å². The highest BCUT2D eigenvalue weighted by molar-refractivity contribution is 5.80. The van der Waals surface area contributed by atoms with Gasteiger partial charge >= 0.3 is 5.97 Å². The maximum absolute atomic E-state index is 12.3. The first-order valence-electron chi connectivity index (χ1n) is 9.11. The zero-order chi connectivity index (χ0) is 19.1. The van der Waals surface area contributed by atoms with Gasteiger partial charge in [0.1, 0.15) is 18.4 Å². The predicted octanol–water partition coefficient (Wildman–Crippen LogP) is 2.43. The highest BCUT2D eigenvalue weighted by atomic mass is 16.5. The number of carboxylic acids is 1. The summed E-state index contributed by atoms with van der Waals surface area (Å²) in [6.07, 6.45) is 1.41. The van der Waals surface area contributed by atoms with Crippen LogP contribution in [0, 0.1) is 0 Å². The second-order valence-corrected chi connectivity index (χ2v) is 6.61. The molecule has 0 radical (unpaired) electrons. The average molecular weight is 368 g/mol. The van der Waals surface area contributed by atoms with E-state index in [4.69, 9.17) is 4.74 Å². The van der Waals surface area contributed by atoms with Gasteiger partial charge in [-0.15, -0.1) is 0 Å². The summed E-state index contributed by atoms with van der Waals surface area (Å²) in [5.74, 6) is -0.226. The number of para-hydroxylation sites is 1. The highest BCUT2D eigenvalue weighted by Gasteiger charge is 2.31. The minimum atomic E-state index is -0.858. The minimum absolute atomic E-state index is 0.111. The second kappa shape index (κ2) is 9.19. The van der Waals surface area contributed by atoms with E-state index in [-0.39, 0.29) is 12.5 Å². The molecule has 0 aromatic heterocycles. The minimum Gasteiger partial charge on any atom is -0.489 e. The number of benzene rings is 2. The first-order valence-corrected chi connectivity index (χ1v) is 9.11. The van der Waals surface area contributed by atoms with Gasteiger partial charge in [0.2, 0.25) is 5.91 Å². The number of carbonyl (C=O) groups is 2. The summed E-state index contributed by atoms with van der Waals surface area (Å²) in [5, 5.41) is 12.1. The molecule has 0 saturated carbocycles. The Morgan fingerprint density at radius 1 is 1.07 bits per heavy atom. The maximum atomic E-state index is 12.3. The van der Waals surface area contributed by atoms with Crippen LogP contribution in [0.25, 0.3) is 0 Å². The van der Waals surface area contributed by atoms with Crippen LogP contribution in [-0.4, -0.2) is 41.0 Å². The van der Waals surface area contributed by atoms with E-state index in [0.717, 1.165) is 23.3 Å². The van der Waals surface area contributed by atoms with Crippen molar-refractivity contribution in [2.75, 3.05) is 13.1 Å². The van der Waals surface area contributed by atoms with Crippen molar-refractivity contribution in [3.05, 3.63) is 65.7 Å².